The van der Waals surface area contributed by atoms with E-state index < -0.39 is 5.25 Å². The van der Waals surface area contributed by atoms with Crippen molar-refractivity contribution >= 4 is 45.7 Å². The van der Waals surface area contributed by atoms with E-state index in [0.29, 0.717) is 26.7 Å². The highest BCUT2D eigenvalue weighted by molar-refractivity contribution is 8.02. The van der Waals surface area contributed by atoms with Crippen molar-refractivity contribution in [2.75, 3.05) is 24.4 Å². The molecule has 2 amide bonds. The zero-order valence-electron chi connectivity index (χ0n) is 16.1. The fourth-order valence-corrected chi connectivity index (χ4v) is 4.68. The van der Waals surface area contributed by atoms with Crippen LogP contribution in [-0.2, 0) is 9.59 Å². The third kappa shape index (κ3) is 4.74. The molecule has 0 spiro atoms. The summed E-state index contributed by atoms with van der Waals surface area (Å²) in [7, 11) is 3.10. The first-order valence-electron chi connectivity index (χ1n) is 8.75. The standard InChI is InChI=1S/C18H22N4O4S2/c1-10(16(24)19-14-9-13(25-3)7-8-15(14)26-4)27-18-21-20-17(28-18)22(11(2)23)12-5-6-12/h7-10,12H,5-6H2,1-4H3,(H,19,24). The number of carbonyl (C=O) groups is 2. The van der Waals surface area contributed by atoms with Gasteiger partial charge in [0.2, 0.25) is 16.9 Å². The maximum Gasteiger partial charge on any atom is 0.237 e. The van der Waals surface area contributed by atoms with Crippen molar-refractivity contribution in [3.63, 3.8) is 0 Å². The van der Waals surface area contributed by atoms with Crippen LogP contribution in [0.4, 0.5) is 10.8 Å². The number of anilines is 2. The fraction of sp³-hybridized carbons (Fsp3) is 0.444. The average molecular weight is 423 g/mol. The molecule has 0 bridgehead atoms. The number of methoxy groups -OCH3 is 2. The smallest absolute Gasteiger partial charge is 0.237 e. The lowest BCUT2D eigenvalue weighted by molar-refractivity contribution is -0.117. The van der Waals surface area contributed by atoms with Gasteiger partial charge in [0, 0.05) is 19.0 Å². The molecule has 2 aromatic rings. The van der Waals surface area contributed by atoms with Crippen LogP contribution in [0.1, 0.15) is 26.7 Å². The highest BCUT2D eigenvalue weighted by atomic mass is 32.2. The lowest BCUT2D eigenvalue weighted by atomic mass is 10.2. The summed E-state index contributed by atoms with van der Waals surface area (Å²) in [4.78, 5) is 26.2. The molecular formula is C18H22N4O4S2. The summed E-state index contributed by atoms with van der Waals surface area (Å²) in [5, 5.41) is 11.3. The molecule has 1 saturated carbocycles. The molecule has 1 heterocycles. The predicted octanol–water partition coefficient (Wildman–Crippen LogP) is 3.19. The first-order chi connectivity index (χ1) is 13.4. The summed E-state index contributed by atoms with van der Waals surface area (Å²) < 4.78 is 11.1. The van der Waals surface area contributed by atoms with Gasteiger partial charge in [0.1, 0.15) is 11.5 Å². The Hall–Kier alpha value is -2.33. The number of nitrogens with one attached hydrogen (secondary N) is 1. The Balaban J connectivity index is 1.66. The van der Waals surface area contributed by atoms with Gasteiger partial charge in [-0.25, -0.2) is 0 Å². The Kier molecular flexibility index (Phi) is 6.40. The molecule has 1 aromatic carbocycles. The third-order valence-electron chi connectivity index (χ3n) is 4.16. The summed E-state index contributed by atoms with van der Waals surface area (Å²) in [6, 6.07) is 5.43. The van der Waals surface area contributed by atoms with Crippen molar-refractivity contribution in [1.82, 2.24) is 10.2 Å². The van der Waals surface area contributed by atoms with Crippen LogP contribution in [0, 0.1) is 0 Å². The van der Waals surface area contributed by atoms with Crippen molar-refractivity contribution in [1.29, 1.82) is 0 Å². The lowest BCUT2D eigenvalue weighted by Gasteiger charge is -2.15. The van der Waals surface area contributed by atoms with E-state index in [2.05, 4.69) is 15.5 Å². The van der Waals surface area contributed by atoms with Gasteiger partial charge in [-0.1, -0.05) is 23.1 Å². The Bertz CT molecular complexity index is 869. The SMILES string of the molecule is COc1ccc(OC)c(NC(=O)C(C)Sc2nnc(N(C(C)=O)C3CC3)s2)c1. The van der Waals surface area contributed by atoms with Gasteiger partial charge < -0.3 is 14.8 Å². The molecule has 150 valence electrons. The molecule has 1 fully saturated rings. The van der Waals surface area contributed by atoms with Crippen LogP contribution in [0.2, 0.25) is 0 Å². The summed E-state index contributed by atoms with van der Waals surface area (Å²) in [5.41, 5.74) is 0.536. The van der Waals surface area contributed by atoms with Crippen LogP contribution in [0.3, 0.4) is 0 Å². The van der Waals surface area contributed by atoms with Gasteiger partial charge in [-0.3, -0.25) is 14.5 Å². The fourth-order valence-electron chi connectivity index (χ4n) is 2.58. The molecule has 1 atom stereocenters. The van der Waals surface area contributed by atoms with E-state index >= 15 is 0 Å². The van der Waals surface area contributed by atoms with E-state index in [9.17, 15) is 9.59 Å². The van der Waals surface area contributed by atoms with E-state index in [-0.39, 0.29) is 17.9 Å². The van der Waals surface area contributed by atoms with Crippen molar-refractivity contribution < 1.29 is 19.1 Å². The highest BCUT2D eigenvalue weighted by Gasteiger charge is 2.34. The molecule has 28 heavy (non-hydrogen) atoms. The van der Waals surface area contributed by atoms with Crippen molar-refractivity contribution in [2.45, 2.75) is 42.3 Å². The number of rotatable bonds is 8. The molecule has 3 rings (SSSR count). The van der Waals surface area contributed by atoms with Gasteiger partial charge in [-0.2, -0.15) is 0 Å². The number of aromatic nitrogens is 2. The van der Waals surface area contributed by atoms with Gasteiger partial charge in [0.25, 0.3) is 0 Å². The number of carbonyl (C=O) groups excluding carboxylic acids is 2. The largest absolute Gasteiger partial charge is 0.497 e. The van der Waals surface area contributed by atoms with E-state index in [0.717, 1.165) is 12.8 Å². The molecule has 0 saturated heterocycles. The van der Waals surface area contributed by atoms with E-state index in [1.165, 1.54) is 30.0 Å². The molecule has 1 aromatic heterocycles. The van der Waals surface area contributed by atoms with Crippen LogP contribution in [0.15, 0.2) is 22.5 Å². The molecule has 1 N–H and O–H groups in total. The highest BCUT2D eigenvalue weighted by Crippen LogP contribution is 2.37. The molecule has 1 unspecified atom stereocenters. The first-order valence-corrected chi connectivity index (χ1v) is 10.5. The summed E-state index contributed by atoms with van der Waals surface area (Å²) in [5.74, 6) is 0.936. The summed E-state index contributed by atoms with van der Waals surface area (Å²) in [6.07, 6.45) is 1.98. The topological polar surface area (TPSA) is 93.7 Å². The van der Waals surface area contributed by atoms with E-state index in [1.54, 1.807) is 44.2 Å². The van der Waals surface area contributed by atoms with Crippen LogP contribution in [0.25, 0.3) is 0 Å². The van der Waals surface area contributed by atoms with Gasteiger partial charge >= 0.3 is 0 Å². The zero-order valence-corrected chi connectivity index (χ0v) is 17.7. The number of nitrogens with zero attached hydrogens (tertiary/aromatic N) is 3. The number of ether oxygens (including phenoxy) is 2. The number of thioether (sulfide) groups is 1. The van der Waals surface area contributed by atoms with Crippen LogP contribution >= 0.6 is 23.1 Å². The van der Waals surface area contributed by atoms with Gasteiger partial charge in [0.05, 0.1) is 25.2 Å². The monoisotopic (exact) mass is 422 g/mol. The van der Waals surface area contributed by atoms with E-state index in [1.807, 2.05) is 0 Å². The number of benzene rings is 1. The number of hydrogen-bond donors (Lipinski definition) is 1. The Morgan fingerprint density at radius 1 is 1.29 bits per heavy atom. The van der Waals surface area contributed by atoms with Gasteiger partial charge in [-0.15, -0.1) is 10.2 Å². The van der Waals surface area contributed by atoms with Crippen molar-refractivity contribution in [2.24, 2.45) is 0 Å². The predicted molar refractivity (Wildman–Crippen MR) is 110 cm³/mol. The zero-order chi connectivity index (χ0) is 20.3. The molecule has 0 radical (unpaired) electrons. The van der Waals surface area contributed by atoms with E-state index in [4.69, 9.17) is 9.47 Å². The Morgan fingerprint density at radius 3 is 2.64 bits per heavy atom. The molecule has 10 heteroatoms. The second-order valence-electron chi connectivity index (χ2n) is 6.29. The second-order valence-corrected chi connectivity index (χ2v) is 8.83. The molecule has 1 aliphatic carbocycles. The molecular weight excluding hydrogens is 400 g/mol. The molecule has 8 nitrogen and oxygen atoms in total. The maximum absolute atomic E-state index is 12.6. The minimum absolute atomic E-state index is 0.0360. The number of hydrogen-bond acceptors (Lipinski definition) is 8. The van der Waals surface area contributed by atoms with Gasteiger partial charge in [-0.05, 0) is 31.9 Å². The minimum atomic E-state index is -0.414. The maximum atomic E-state index is 12.6. The molecule has 0 aliphatic heterocycles. The molecule has 1 aliphatic rings. The van der Waals surface area contributed by atoms with Gasteiger partial charge in [0.15, 0.2) is 4.34 Å². The number of amides is 2. The Morgan fingerprint density at radius 2 is 2.04 bits per heavy atom. The minimum Gasteiger partial charge on any atom is -0.497 e. The van der Waals surface area contributed by atoms with Crippen LogP contribution in [0.5, 0.6) is 11.5 Å². The lowest BCUT2D eigenvalue weighted by Crippen LogP contribution is -2.30. The summed E-state index contributed by atoms with van der Waals surface area (Å²) >= 11 is 2.62. The average Bonchev–Trinajstić information content (AvgIpc) is 3.40. The van der Waals surface area contributed by atoms with Crippen LogP contribution in [-0.4, -0.2) is 47.5 Å². The van der Waals surface area contributed by atoms with Crippen molar-refractivity contribution in [3.8, 4) is 11.5 Å². The first kappa shape index (κ1) is 20.4. The Labute approximate surface area is 171 Å². The summed E-state index contributed by atoms with van der Waals surface area (Å²) in [6.45, 7) is 3.32. The van der Waals surface area contributed by atoms with Crippen molar-refractivity contribution in [3.05, 3.63) is 18.2 Å². The normalized spacial score (nSPS) is 14.3. The quantitative estimate of drug-likeness (QED) is 0.516. The van der Waals surface area contributed by atoms with Crippen LogP contribution < -0.4 is 19.7 Å². The third-order valence-corrected chi connectivity index (χ3v) is 6.27. The second kappa shape index (κ2) is 8.78.